The number of para-hydroxylation sites is 1. The van der Waals surface area contributed by atoms with Gasteiger partial charge in [-0.05, 0) is 30.9 Å². The van der Waals surface area contributed by atoms with E-state index in [4.69, 9.17) is 0 Å². The van der Waals surface area contributed by atoms with Crippen LogP contribution in [0.5, 0.6) is 0 Å². The number of benzene rings is 1. The Hall–Kier alpha value is -2.08. The summed E-state index contributed by atoms with van der Waals surface area (Å²) >= 11 is 0. The second kappa shape index (κ2) is 9.03. The molecule has 2 atom stereocenters. The van der Waals surface area contributed by atoms with Crippen molar-refractivity contribution >= 4 is 17.6 Å². The summed E-state index contributed by atoms with van der Waals surface area (Å²) in [5, 5.41) is 5.46. The number of urea groups is 1. The Morgan fingerprint density at radius 2 is 1.73 bits per heavy atom. The molecule has 0 radical (unpaired) electrons. The second-order valence-corrected chi connectivity index (χ2v) is 7.49. The Balaban J connectivity index is 1.38. The van der Waals surface area contributed by atoms with Crippen LogP contribution in [-0.2, 0) is 4.79 Å². The number of piperazine rings is 1. The third-order valence-electron chi connectivity index (χ3n) is 5.54. The minimum Gasteiger partial charge on any atom is -0.369 e. The number of imide groups is 1. The molecule has 1 saturated carbocycles. The SMILES string of the molecule is CC1CCCCC1NC(=O)NC(=O)CN1CCN(c2ccccc2)CC1. The zero-order valence-electron chi connectivity index (χ0n) is 15.6. The molecule has 0 aromatic heterocycles. The molecule has 1 aliphatic carbocycles. The van der Waals surface area contributed by atoms with Crippen LogP contribution in [0.25, 0.3) is 0 Å². The average Bonchev–Trinajstić information content (AvgIpc) is 2.65. The lowest BCUT2D eigenvalue weighted by molar-refractivity contribution is -0.121. The van der Waals surface area contributed by atoms with Crippen LogP contribution in [0.4, 0.5) is 10.5 Å². The fraction of sp³-hybridized carbons (Fsp3) is 0.600. The summed E-state index contributed by atoms with van der Waals surface area (Å²) in [6.07, 6.45) is 4.53. The Morgan fingerprint density at radius 3 is 2.42 bits per heavy atom. The van der Waals surface area contributed by atoms with E-state index >= 15 is 0 Å². The molecular weight excluding hydrogens is 328 g/mol. The maximum Gasteiger partial charge on any atom is 0.321 e. The average molecular weight is 358 g/mol. The monoisotopic (exact) mass is 358 g/mol. The topological polar surface area (TPSA) is 64.7 Å². The molecular formula is C20H30N4O2. The van der Waals surface area contributed by atoms with Crippen LogP contribution < -0.4 is 15.5 Å². The van der Waals surface area contributed by atoms with Gasteiger partial charge in [0.15, 0.2) is 0 Å². The highest BCUT2D eigenvalue weighted by molar-refractivity contribution is 5.95. The third kappa shape index (κ3) is 5.21. The zero-order valence-corrected chi connectivity index (χ0v) is 15.6. The first-order chi connectivity index (χ1) is 12.6. The van der Waals surface area contributed by atoms with E-state index in [1.54, 1.807) is 0 Å². The number of nitrogens with zero attached hydrogens (tertiary/aromatic N) is 2. The van der Waals surface area contributed by atoms with Gasteiger partial charge < -0.3 is 10.2 Å². The number of amides is 3. The Morgan fingerprint density at radius 1 is 1.04 bits per heavy atom. The van der Waals surface area contributed by atoms with Gasteiger partial charge in [0.25, 0.3) is 0 Å². The summed E-state index contributed by atoms with van der Waals surface area (Å²) in [7, 11) is 0. The molecule has 1 aliphatic heterocycles. The molecule has 6 heteroatoms. The normalized spacial score (nSPS) is 24.1. The number of hydrogen-bond donors (Lipinski definition) is 2. The van der Waals surface area contributed by atoms with Gasteiger partial charge in [0.1, 0.15) is 0 Å². The van der Waals surface area contributed by atoms with Gasteiger partial charge >= 0.3 is 6.03 Å². The number of hydrogen-bond acceptors (Lipinski definition) is 4. The Bertz CT molecular complexity index is 599. The Labute approximate surface area is 155 Å². The third-order valence-corrected chi connectivity index (χ3v) is 5.54. The van der Waals surface area contributed by atoms with E-state index in [-0.39, 0.29) is 24.5 Å². The highest BCUT2D eigenvalue weighted by Crippen LogP contribution is 2.23. The molecule has 6 nitrogen and oxygen atoms in total. The number of rotatable bonds is 4. The van der Waals surface area contributed by atoms with E-state index in [1.165, 1.54) is 12.1 Å². The highest BCUT2D eigenvalue weighted by Gasteiger charge is 2.24. The second-order valence-electron chi connectivity index (χ2n) is 7.49. The molecule has 26 heavy (non-hydrogen) atoms. The molecule has 142 valence electrons. The molecule has 1 aromatic carbocycles. The van der Waals surface area contributed by atoms with E-state index < -0.39 is 0 Å². The smallest absolute Gasteiger partial charge is 0.321 e. The summed E-state index contributed by atoms with van der Waals surface area (Å²) < 4.78 is 0. The minimum atomic E-state index is -0.350. The van der Waals surface area contributed by atoms with Crippen molar-refractivity contribution in [1.29, 1.82) is 0 Å². The molecule has 0 spiro atoms. The minimum absolute atomic E-state index is 0.186. The van der Waals surface area contributed by atoms with Crippen molar-refractivity contribution in [2.24, 2.45) is 5.92 Å². The lowest BCUT2D eigenvalue weighted by Crippen LogP contribution is -2.52. The van der Waals surface area contributed by atoms with Crippen molar-refractivity contribution in [3.05, 3.63) is 30.3 Å². The van der Waals surface area contributed by atoms with Crippen LogP contribution >= 0.6 is 0 Å². The fourth-order valence-corrected chi connectivity index (χ4v) is 3.91. The summed E-state index contributed by atoms with van der Waals surface area (Å²) in [5.74, 6) is 0.259. The van der Waals surface area contributed by atoms with Crippen LogP contribution in [0, 0.1) is 5.92 Å². The summed E-state index contributed by atoms with van der Waals surface area (Å²) in [4.78, 5) is 28.7. The predicted octanol–water partition coefficient (Wildman–Crippen LogP) is 2.21. The van der Waals surface area contributed by atoms with Crippen LogP contribution in [-0.4, -0.2) is 55.6 Å². The van der Waals surface area contributed by atoms with E-state index in [0.717, 1.165) is 45.4 Å². The van der Waals surface area contributed by atoms with Crippen LogP contribution in [0.3, 0.4) is 0 Å². The van der Waals surface area contributed by atoms with Crippen molar-refractivity contribution in [1.82, 2.24) is 15.5 Å². The molecule has 3 rings (SSSR count). The number of carbonyl (C=O) groups excluding carboxylic acids is 2. The van der Waals surface area contributed by atoms with Crippen molar-refractivity contribution in [2.45, 2.75) is 38.6 Å². The van der Waals surface area contributed by atoms with Gasteiger partial charge in [-0.25, -0.2) is 4.79 Å². The summed E-state index contributed by atoms with van der Waals surface area (Å²) in [5.41, 5.74) is 1.22. The van der Waals surface area contributed by atoms with E-state index in [9.17, 15) is 9.59 Å². The van der Waals surface area contributed by atoms with Gasteiger partial charge in [-0.1, -0.05) is 38.0 Å². The number of anilines is 1. The lowest BCUT2D eigenvalue weighted by Gasteiger charge is -2.35. The van der Waals surface area contributed by atoms with E-state index in [2.05, 4.69) is 39.5 Å². The molecule has 2 unspecified atom stereocenters. The lowest BCUT2D eigenvalue weighted by atomic mass is 9.86. The van der Waals surface area contributed by atoms with Gasteiger partial charge in [-0.15, -0.1) is 0 Å². The highest BCUT2D eigenvalue weighted by atomic mass is 16.2. The summed E-state index contributed by atoms with van der Waals surface area (Å²) in [6, 6.07) is 10.2. The quantitative estimate of drug-likeness (QED) is 0.866. The molecule has 2 N–H and O–H groups in total. The van der Waals surface area contributed by atoms with Crippen molar-refractivity contribution in [3.8, 4) is 0 Å². The van der Waals surface area contributed by atoms with Crippen molar-refractivity contribution in [3.63, 3.8) is 0 Å². The van der Waals surface area contributed by atoms with Crippen molar-refractivity contribution < 1.29 is 9.59 Å². The first kappa shape index (κ1) is 18.7. The van der Waals surface area contributed by atoms with Crippen LogP contribution in [0.2, 0.25) is 0 Å². The van der Waals surface area contributed by atoms with Gasteiger partial charge in [0, 0.05) is 37.9 Å². The molecule has 3 amide bonds. The van der Waals surface area contributed by atoms with E-state index in [1.807, 2.05) is 18.2 Å². The fourth-order valence-electron chi connectivity index (χ4n) is 3.91. The van der Waals surface area contributed by atoms with E-state index in [0.29, 0.717) is 5.92 Å². The summed E-state index contributed by atoms with van der Waals surface area (Å²) in [6.45, 7) is 5.87. The van der Waals surface area contributed by atoms with Gasteiger partial charge in [-0.2, -0.15) is 0 Å². The molecule has 2 aliphatic rings. The maximum absolute atomic E-state index is 12.2. The van der Waals surface area contributed by atoms with Gasteiger partial charge in [0.2, 0.25) is 5.91 Å². The number of nitrogens with one attached hydrogen (secondary N) is 2. The molecule has 1 heterocycles. The molecule has 1 aromatic rings. The standard InChI is InChI=1S/C20H30N4O2/c1-16-7-5-6-10-18(16)21-20(26)22-19(25)15-23-11-13-24(14-12-23)17-8-3-2-4-9-17/h2-4,8-9,16,18H,5-7,10-15H2,1H3,(H2,21,22,25,26). The molecule has 1 saturated heterocycles. The largest absolute Gasteiger partial charge is 0.369 e. The first-order valence-corrected chi connectivity index (χ1v) is 9.74. The molecule has 2 fully saturated rings. The van der Waals surface area contributed by atoms with Gasteiger partial charge in [0.05, 0.1) is 6.54 Å². The maximum atomic E-state index is 12.2. The van der Waals surface area contributed by atoms with Crippen LogP contribution in [0.15, 0.2) is 30.3 Å². The zero-order chi connectivity index (χ0) is 18.4. The first-order valence-electron chi connectivity index (χ1n) is 9.74. The Kier molecular flexibility index (Phi) is 6.50. The van der Waals surface area contributed by atoms with Crippen molar-refractivity contribution in [2.75, 3.05) is 37.6 Å². The molecule has 0 bridgehead atoms. The van der Waals surface area contributed by atoms with Crippen LogP contribution in [0.1, 0.15) is 32.6 Å². The van der Waals surface area contributed by atoms with Gasteiger partial charge in [-0.3, -0.25) is 15.0 Å². The predicted molar refractivity (Wildman–Crippen MR) is 103 cm³/mol. The number of carbonyl (C=O) groups is 2.